The number of hydrogen-bond donors (Lipinski definition) is 2. The van der Waals surface area contributed by atoms with Gasteiger partial charge in [-0.05, 0) is 62.1 Å². The van der Waals surface area contributed by atoms with Crippen molar-refractivity contribution in [2.24, 2.45) is 11.8 Å². The lowest BCUT2D eigenvalue weighted by Gasteiger charge is -2.30. The van der Waals surface area contributed by atoms with Gasteiger partial charge >= 0.3 is 0 Å². The quantitative estimate of drug-likeness (QED) is 0.593. The van der Waals surface area contributed by atoms with Gasteiger partial charge in [0.25, 0.3) is 5.91 Å². The number of ether oxygens (including phenoxy) is 2. The van der Waals surface area contributed by atoms with E-state index < -0.39 is 6.29 Å². The van der Waals surface area contributed by atoms with Gasteiger partial charge in [0.2, 0.25) is 6.29 Å². The fourth-order valence-electron chi connectivity index (χ4n) is 5.57. The molecule has 1 amide bonds. The molecule has 2 fully saturated rings. The van der Waals surface area contributed by atoms with E-state index in [0.717, 1.165) is 12.3 Å². The highest BCUT2D eigenvalue weighted by atomic mass is 16.7. The Morgan fingerprint density at radius 3 is 2.82 bits per heavy atom. The van der Waals surface area contributed by atoms with Crippen LogP contribution in [0.15, 0.2) is 51.6 Å². The number of fused-ring (bicyclic) bond motifs is 3. The molecule has 0 saturated heterocycles. The van der Waals surface area contributed by atoms with E-state index in [0.29, 0.717) is 48.3 Å². The number of aliphatic hydroxyl groups is 1. The van der Waals surface area contributed by atoms with E-state index in [1.807, 2.05) is 12.1 Å². The minimum atomic E-state index is -0.648. The maximum Gasteiger partial charge on any atom is 0.286 e. The summed E-state index contributed by atoms with van der Waals surface area (Å²) in [6.45, 7) is 0.512. The van der Waals surface area contributed by atoms with Gasteiger partial charge in [-0.25, -0.2) is 0 Å². The van der Waals surface area contributed by atoms with Crippen LogP contribution in [0.1, 0.15) is 56.4 Å². The third-order valence-corrected chi connectivity index (χ3v) is 7.30. The van der Waals surface area contributed by atoms with Crippen LogP contribution in [0.2, 0.25) is 0 Å². The SMILES string of the molecule is O=C(NC1CC2CCC1C2)C1=C[C@H](c2coc3ccccc3c2=O)C[C@H](OCCCCO)O1. The molecule has 0 spiro atoms. The molecule has 5 atom stereocenters. The van der Waals surface area contributed by atoms with Gasteiger partial charge in [-0.3, -0.25) is 9.59 Å². The number of unbranched alkanes of at least 4 members (excludes halogenated alkanes) is 1. The first-order chi connectivity index (χ1) is 16.1. The number of nitrogens with one attached hydrogen (secondary N) is 1. The maximum atomic E-state index is 13.2. The molecule has 2 bridgehead atoms. The number of amides is 1. The Morgan fingerprint density at radius 2 is 2.03 bits per heavy atom. The van der Waals surface area contributed by atoms with E-state index >= 15 is 0 Å². The van der Waals surface area contributed by atoms with Crippen LogP contribution in [0.5, 0.6) is 0 Å². The number of allylic oxidation sites excluding steroid dienone is 1. The zero-order valence-electron chi connectivity index (χ0n) is 18.7. The largest absolute Gasteiger partial charge is 0.464 e. The van der Waals surface area contributed by atoms with Gasteiger partial charge in [0.15, 0.2) is 11.2 Å². The van der Waals surface area contributed by atoms with E-state index in [-0.39, 0.29) is 35.7 Å². The highest BCUT2D eigenvalue weighted by molar-refractivity contribution is 5.92. The molecule has 1 aliphatic heterocycles. The highest BCUT2D eigenvalue weighted by Crippen LogP contribution is 2.44. The van der Waals surface area contributed by atoms with Crippen LogP contribution in [0.3, 0.4) is 0 Å². The summed E-state index contributed by atoms with van der Waals surface area (Å²) in [6.07, 6.45) is 8.98. The van der Waals surface area contributed by atoms with Gasteiger partial charge in [-0.15, -0.1) is 0 Å². The van der Waals surface area contributed by atoms with E-state index in [1.54, 1.807) is 18.2 Å². The summed E-state index contributed by atoms with van der Waals surface area (Å²) in [6, 6.07) is 7.34. The van der Waals surface area contributed by atoms with Gasteiger partial charge in [-0.1, -0.05) is 18.6 Å². The fourth-order valence-corrected chi connectivity index (χ4v) is 5.57. The first-order valence-corrected chi connectivity index (χ1v) is 12.0. The first kappa shape index (κ1) is 22.2. The van der Waals surface area contributed by atoms with Crippen molar-refractivity contribution < 1.29 is 23.8 Å². The molecular weight excluding hydrogens is 422 g/mol. The zero-order chi connectivity index (χ0) is 22.8. The average Bonchev–Trinajstić information content (AvgIpc) is 3.45. The molecule has 2 heterocycles. The summed E-state index contributed by atoms with van der Waals surface area (Å²) < 4.78 is 17.5. The van der Waals surface area contributed by atoms with Crippen molar-refractivity contribution in [2.75, 3.05) is 13.2 Å². The van der Waals surface area contributed by atoms with Crippen LogP contribution in [0.25, 0.3) is 11.0 Å². The molecule has 7 heteroatoms. The van der Waals surface area contributed by atoms with Crippen LogP contribution in [-0.4, -0.2) is 36.6 Å². The molecule has 33 heavy (non-hydrogen) atoms. The van der Waals surface area contributed by atoms with Crippen molar-refractivity contribution in [3.63, 3.8) is 0 Å². The number of carbonyl (C=O) groups is 1. The average molecular weight is 454 g/mol. The third kappa shape index (κ3) is 4.70. The summed E-state index contributed by atoms with van der Waals surface area (Å²) >= 11 is 0. The maximum absolute atomic E-state index is 13.2. The second kappa shape index (κ2) is 9.69. The smallest absolute Gasteiger partial charge is 0.286 e. The molecule has 2 saturated carbocycles. The zero-order valence-corrected chi connectivity index (χ0v) is 18.7. The van der Waals surface area contributed by atoms with Gasteiger partial charge in [-0.2, -0.15) is 0 Å². The monoisotopic (exact) mass is 453 g/mol. The van der Waals surface area contributed by atoms with Crippen molar-refractivity contribution in [1.29, 1.82) is 0 Å². The van der Waals surface area contributed by atoms with Gasteiger partial charge in [0.1, 0.15) is 5.58 Å². The van der Waals surface area contributed by atoms with E-state index in [1.165, 1.54) is 25.5 Å². The Labute approximate surface area is 192 Å². The number of aliphatic hydroxyl groups excluding tert-OH is 1. The molecule has 2 aromatic rings. The summed E-state index contributed by atoms with van der Waals surface area (Å²) in [5.74, 6) is 0.875. The summed E-state index contributed by atoms with van der Waals surface area (Å²) in [4.78, 5) is 26.3. The van der Waals surface area contributed by atoms with Crippen LogP contribution in [-0.2, 0) is 14.3 Å². The van der Waals surface area contributed by atoms with Crippen molar-refractivity contribution in [3.8, 4) is 0 Å². The van der Waals surface area contributed by atoms with Crippen LogP contribution < -0.4 is 10.7 Å². The van der Waals surface area contributed by atoms with Crippen molar-refractivity contribution in [2.45, 2.75) is 63.2 Å². The Balaban J connectivity index is 1.38. The standard InChI is InChI=1S/C26H31NO6/c28-9-3-4-10-31-24-14-18(20-15-32-22-6-2-1-5-19(22)25(20)29)13-23(33-24)26(30)27-21-12-16-7-8-17(21)11-16/h1-2,5-6,13,15-18,21,24,28H,3-4,7-12,14H2,(H,27,30)/t16?,17?,18-,21?,24+/m0/s1. The van der Waals surface area contributed by atoms with Gasteiger partial charge in [0, 0.05) is 30.6 Å². The second-order valence-corrected chi connectivity index (χ2v) is 9.49. The molecule has 0 radical (unpaired) electrons. The first-order valence-electron chi connectivity index (χ1n) is 12.0. The molecule has 2 aliphatic carbocycles. The lowest BCUT2D eigenvalue weighted by Crippen LogP contribution is -2.41. The minimum absolute atomic E-state index is 0.104. The Hall–Kier alpha value is -2.64. The fraction of sp³-hybridized carbons (Fsp3) is 0.538. The molecule has 5 rings (SSSR count). The van der Waals surface area contributed by atoms with Crippen molar-refractivity contribution in [3.05, 3.63) is 58.2 Å². The number of benzene rings is 1. The van der Waals surface area contributed by atoms with Crippen molar-refractivity contribution >= 4 is 16.9 Å². The van der Waals surface area contributed by atoms with Crippen LogP contribution in [0.4, 0.5) is 0 Å². The number of hydrogen-bond acceptors (Lipinski definition) is 6. The van der Waals surface area contributed by atoms with Crippen molar-refractivity contribution in [1.82, 2.24) is 5.32 Å². The summed E-state index contributed by atoms with van der Waals surface area (Å²) in [5, 5.41) is 12.7. The molecule has 7 nitrogen and oxygen atoms in total. The molecule has 1 aromatic carbocycles. The van der Waals surface area contributed by atoms with Gasteiger partial charge in [0.05, 0.1) is 18.3 Å². The summed E-state index contributed by atoms with van der Waals surface area (Å²) in [5.41, 5.74) is 0.923. The summed E-state index contributed by atoms with van der Waals surface area (Å²) in [7, 11) is 0. The molecule has 3 unspecified atom stereocenters. The Kier molecular flexibility index (Phi) is 6.51. The van der Waals surface area contributed by atoms with Crippen LogP contribution >= 0.6 is 0 Å². The normalized spacial score (nSPS) is 28.5. The third-order valence-electron chi connectivity index (χ3n) is 7.30. The predicted octanol–water partition coefficient (Wildman–Crippen LogP) is 3.60. The minimum Gasteiger partial charge on any atom is -0.464 e. The number of para-hydroxylation sites is 1. The Bertz CT molecular complexity index is 1090. The molecule has 3 aliphatic rings. The predicted molar refractivity (Wildman–Crippen MR) is 122 cm³/mol. The second-order valence-electron chi connectivity index (χ2n) is 9.49. The van der Waals surface area contributed by atoms with E-state index in [2.05, 4.69) is 5.32 Å². The van der Waals surface area contributed by atoms with Gasteiger partial charge < -0.3 is 24.3 Å². The van der Waals surface area contributed by atoms with E-state index in [9.17, 15) is 9.59 Å². The lowest BCUT2D eigenvalue weighted by atomic mass is 9.92. The Morgan fingerprint density at radius 1 is 1.15 bits per heavy atom. The van der Waals surface area contributed by atoms with Crippen LogP contribution in [0, 0.1) is 11.8 Å². The molecule has 176 valence electrons. The van der Waals surface area contributed by atoms with E-state index in [4.69, 9.17) is 19.0 Å². The highest BCUT2D eigenvalue weighted by Gasteiger charge is 2.41. The molecule has 1 aromatic heterocycles. The lowest BCUT2D eigenvalue weighted by molar-refractivity contribution is -0.147. The molecule has 2 N–H and O–H groups in total. The number of carbonyl (C=O) groups excluding carboxylic acids is 1. The molecular formula is C26H31NO6. The number of rotatable bonds is 8. The topological polar surface area (TPSA) is 98.0 Å².